The second-order valence-electron chi connectivity index (χ2n) is 10.9. The highest BCUT2D eigenvalue weighted by Gasteiger charge is 2.70. The number of carbonyl (C=O) groups excluding carboxylic acids is 2. The van der Waals surface area contributed by atoms with Crippen LogP contribution in [0.3, 0.4) is 0 Å². The van der Waals surface area contributed by atoms with Crippen LogP contribution in [0.1, 0.15) is 24.5 Å². The van der Waals surface area contributed by atoms with Crippen molar-refractivity contribution < 1.29 is 18.0 Å². The first-order chi connectivity index (χ1) is 20.1. The molecule has 8 nitrogen and oxygen atoms in total. The van der Waals surface area contributed by atoms with Crippen LogP contribution in [-0.4, -0.2) is 62.5 Å². The molecule has 214 valence electrons. The third-order valence-corrected chi connectivity index (χ3v) is 13.3. The lowest BCUT2D eigenvalue weighted by Gasteiger charge is -2.41. The lowest BCUT2D eigenvalue weighted by Crippen LogP contribution is -2.59. The van der Waals surface area contributed by atoms with Crippen molar-refractivity contribution in [3.05, 3.63) is 96.2 Å². The van der Waals surface area contributed by atoms with E-state index >= 15 is 0 Å². The number of H-pyrrole nitrogens is 1. The summed E-state index contributed by atoms with van der Waals surface area (Å²) in [5.74, 6) is -0.364. The summed E-state index contributed by atoms with van der Waals surface area (Å²) in [6, 6.07) is 23.7. The quantitative estimate of drug-likeness (QED) is 0.241. The normalized spacial score (nSPS) is 27.0. The maximum atomic E-state index is 14.7. The van der Waals surface area contributed by atoms with E-state index in [9.17, 15) is 18.0 Å². The molecule has 3 aliphatic heterocycles. The van der Waals surface area contributed by atoms with Gasteiger partial charge in [0, 0.05) is 24.1 Å². The number of nitrogens with one attached hydrogen (secondary N) is 1. The Morgan fingerprint density at radius 3 is 2.48 bits per heavy atom. The number of fused-ring (bicyclic) bond motifs is 6. The van der Waals surface area contributed by atoms with Crippen molar-refractivity contribution >= 4 is 78.2 Å². The van der Waals surface area contributed by atoms with Crippen LogP contribution in [0.25, 0.3) is 10.9 Å². The minimum Gasteiger partial charge on any atom is -0.361 e. The topological polar surface area (TPSA) is 93.8 Å². The molecule has 42 heavy (non-hydrogen) atoms. The third kappa shape index (κ3) is 3.68. The predicted octanol–water partition coefficient (Wildman–Crippen LogP) is 5.12. The molecule has 0 radical (unpaired) electrons. The molecule has 1 N–H and O–H groups in total. The first-order valence-corrected chi connectivity index (χ1v) is 16.8. The van der Waals surface area contributed by atoms with E-state index in [0.29, 0.717) is 22.0 Å². The van der Waals surface area contributed by atoms with Gasteiger partial charge in [-0.25, -0.2) is 12.7 Å². The van der Waals surface area contributed by atoms with Gasteiger partial charge in [0.1, 0.15) is 9.69 Å². The summed E-state index contributed by atoms with van der Waals surface area (Å²) in [5.41, 5.74) is 2.22. The average molecular weight is 635 g/mol. The fourth-order valence-electron chi connectivity index (χ4n) is 6.89. The number of aromatic amines is 1. The van der Waals surface area contributed by atoms with Crippen molar-refractivity contribution in [3.63, 3.8) is 0 Å². The highest BCUT2D eigenvalue weighted by atomic mass is 32.2. The SMILES string of the molecule is CN(C=O)[C@@H]1SC(=S)SC2(C)CC3(c4c[nH]c5ccccc45)c4ccccc4N(S(=O)(=O)c4ccccc4)[C@@H]3N2C1=O. The van der Waals surface area contributed by atoms with E-state index in [0.717, 1.165) is 33.8 Å². The number of nitrogens with zero attached hydrogens (tertiary/aromatic N) is 3. The van der Waals surface area contributed by atoms with Crippen LogP contribution in [0.4, 0.5) is 5.69 Å². The molecule has 2 fully saturated rings. The maximum absolute atomic E-state index is 14.7. The number of carbonyl (C=O) groups is 2. The summed E-state index contributed by atoms with van der Waals surface area (Å²) in [6.45, 7) is 1.95. The molecular formula is C30H26N4O4S4. The van der Waals surface area contributed by atoms with Gasteiger partial charge in [0.2, 0.25) is 6.41 Å². The zero-order chi connectivity index (χ0) is 29.4. The lowest BCUT2D eigenvalue weighted by atomic mass is 9.72. The molecule has 0 spiro atoms. The van der Waals surface area contributed by atoms with Gasteiger partial charge < -0.3 is 14.8 Å². The van der Waals surface area contributed by atoms with Crippen LogP contribution in [0.15, 0.2) is 90.0 Å². The first kappa shape index (κ1) is 27.5. The van der Waals surface area contributed by atoms with E-state index in [4.69, 9.17) is 12.2 Å². The monoisotopic (exact) mass is 634 g/mol. The van der Waals surface area contributed by atoms with Crippen LogP contribution < -0.4 is 4.31 Å². The number of likely N-dealkylation sites (N-methyl/N-ethyl adjacent to an activating group) is 1. The number of benzene rings is 3. The Labute approximate surface area is 257 Å². The number of thiocarbonyl (C=S) groups is 1. The molecule has 12 heteroatoms. The van der Waals surface area contributed by atoms with E-state index in [2.05, 4.69) is 4.98 Å². The highest BCUT2D eigenvalue weighted by molar-refractivity contribution is 8.48. The molecule has 0 aliphatic carbocycles. The molecule has 1 aromatic heterocycles. The number of rotatable bonds is 5. The number of sulfonamides is 1. The highest BCUT2D eigenvalue weighted by Crippen LogP contribution is 2.65. The van der Waals surface area contributed by atoms with Gasteiger partial charge >= 0.3 is 0 Å². The Morgan fingerprint density at radius 1 is 1.02 bits per heavy atom. The fraction of sp³-hybridized carbons (Fsp3) is 0.233. The smallest absolute Gasteiger partial charge is 0.266 e. The lowest BCUT2D eigenvalue weighted by molar-refractivity contribution is -0.139. The van der Waals surface area contributed by atoms with Gasteiger partial charge in [-0.3, -0.25) is 9.59 Å². The van der Waals surface area contributed by atoms with Gasteiger partial charge in [-0.2, -0.15) is 0 Å². The van der Waals surface area contributed by atoms with Crippen LogP contribution >= 0.6 is 35.7 Å². The van der Waals surface area contributed by atoms with Crippen LogP contribution in [0.2, 0.25) is 0 Å². The number of hydrogen-bond donors (Lipinski definition) is 1. The molecule has 3 aromatic carbocycles. The molecule has 4 atom stereocenters. The Kier molecular flexibility index (Phi) is 6.29. The first-order valence-electron chi connectivity index (χ1n) is 13.3. The minimum atomic E-state index is -4.16. The van der Waals surface area contributed by atoms with Gasteiger partial charge in [-0.05, 0) is 48.7 Å². The van der Waals surface area contributed by atoms with Crippen LogP contribution in [0, 0.1) is 0 Å². The van der Waals surface area contributed by atoms with Crippen LogP contribution in [0.5, 0.6) is 0 Å². The summed E-state index contributed by atoms with van der Waals surface area (Å²) < 4.78 is 31.3. The molecule has 2 saturated heterocycles. The van der Waals surface area contributed by atoms with Gasteiger partial charge in [-0.15, -0.1) is 0 Å². The minimum absolute atomic E-state index is 0.129. The van der Waals surface area contributed by atoms with E-state index in [1.54, 1.807) is 42.3 Å². The van der Waals surface area contributed by atoms with Gasteiger partial charge in [-0.1, -0.05) is 90.3 Å². The number of hydrogen-bond acceptors (Lipinski definition) is 7. The Morgan fingerprint density at radius 2 is 1.71 bits per heavy atom. The van der Waals surface area contributed by atoms with Crippen molar-refractivity contribution in [1.29, 1.82) is 0 Å². The van der Waals surface area contributed by atoms with E-state index in [1.807, 2.05) is 61.7 Å². The van der Waals surface area contributed by atoms with Crippen molar-refractivity contribution in [3.8, 4) is 0 Å². The molecule has 4 aromatic rings. The zero-order valence-corrected chi connectivity index (χ0v) is 25.9. The van der Waals surface area contributed by atoms with Crippen LogP contribution in [-0.2, 0) is 25.0 Å². The second kappa shape index (κ2) is 9.60. The number of thioether (sulfide) groups is 2. The molecule has 0 saturated carbocycles. The number of anilines is 1. The predicted molar refractivity (Wildman–Crippen MR) is 171 cm³/mol. The maximum Gasteiger partial charge on any atom is 0.266 e. The van der Waals surface area contributed by atoms with Crippen molar-refractivity contribution in [2.24, 2.45) is 0 Å². The number of amides is 2. The number of para-hydroxylation sites is 2. The van der Waals surface area contributed by atoms with Crippen molar-refractivity contribution in [2.45, 2.75) is 40.1 Å². The Balaban J connectivity index is 1.57. The van der Waals surface area contributed by atoms with E-state index in [-0.39, 0.29) is 10.8 Å². The summed E-state index contributed by atoms with van der Waals surface area (Å²) in [4.78, 5) is 32.2. The van der Waals surface area contributed by atoms with E-state index in [1.165, 1.54) is 21.0 Å². The molecular weight excluding hydrogens is 609 g/mol. The second-order valence-corrected chi connectivity index (χ2v) is 16.5. The van der Waals surface area contributed by atoms with E-state index < -0.39 is 31.8 Å². The largest absolute Gasteiger partial charge is 0.361 e. The van der Waals surface area contributed by atoms with Gasteiger partial charge in [0.25, 0.3) is 15.9 Å². The summed E-state index contributed by atoms with van der Waals surface area (Å²) in [7, 11) is -2.62. The third-order valence-electron chi connectivity index (χ3n) is 8.51. The number of aromatic nitrogens is 1. The fourth-order valence-corrected chi connectivity index (χ4v) is 11.9. The molecule has 2 unspecified atom stereocenters. The molecule has 7 rings (SSSR count). The molecule has 3 aliphatic rings. The Bertz CT molecular complexity index is 1880. The molecule has 4 heterocycles. The average Bonchev–Trinajstić information content (AvgIpc) is 3.59. The van der Waals surface area contributed by atoms with Crippen molar-refractivity contribution in [1.82, 2.24) is 14.8 Å². The van der Waals surface area contributed by atoms with Gasteiger partial charge in [0.15, 0.2) is 5.37 Å². The summed E-state index contributed by atoms with van der Waals surface area (Å²) in [6.07, 6.45) is 1.99. The summed E-state index contributed by atoms with van der Waals surface area (Å²) >= 11 is 8.29. The Hall–Kier alpha value is -3.32. The molecule has 2 amide bonds. The van der Waals surface area contributed by atoms with Crippen molar-refractivity contribution in [2.75, 3.05) is 11.4 Å². The standard InChI is InChI=1S/C30H26N4O4S4/c1-29-17-30(22-16-31-23-14-8-6-12-20(22)23)21-13-7-9-15-24(21)34(42(37,38)19-10-4-3-5-11-19)27(30)33(29)25(36)26(32(2)18-35)40-28(39)41-29/h3-16,18,26-27,31H,17H2,1-2H3/t26-,27+,29?,30?/m1/s1. The zero-order valence-electron chi connectivity index (χ0n) is 22.6. The molecule has 0 bridgehead atoms. The summed E-state index contributed by atoms with van der Waals surface area (Å²) in [5, 5.41) is 0.0153. The van der Waals surface area contributed by atoms with Gasteiger partial charge in [0.05, 0.1) is 20.9 Å².